The van der Waals surface area contributed by atoms with Crippen molar-refractivity contribution < 1.29 is 4.79 Å². The van der Waals surface area contributed by atoms with Crippen molar-refractivity contribution in [1.29, 1.82) is 0 Å². The van der Waals surface area contributed by atoms with E-state index in [1.807, 2.05) is 16.7 Å². The number of hydrogen-bond acceptors (Lipinski definition) is 4. The number of hydrogen-bond donors (Lipinski definition) is 3. The van der Waals surface area contributed by atoms with Crippen molar-refractivity contribution in [3.63, 3.8) is 0 Å². The van der Waals surface area contributed by atoms with Crippen LogP contribution in [0.4, 0.5) is 0 Å². The smallest absolute Gasteiger partial charge is 0.248 e. The third-order valence-corrected chi connectivity index (χ3v) is 3.55. The van der Waals surface area contributed by atoms with Gasteiger partial charge in [-0.2, -0.15) is 0 Å². The zero-order valence-corrected chi connectivity index (χ0v) is 14.0. The summed E-state index contributed by atoms with van der Waals surface area (Å²) in [5.41, 5.74) is 6.75. The lowest BCUT2D eigenvalue weighted by Gasteiger charge is -2.13. The fraction of sp³-hybridized carbons (Fsp3) is 0.375. The maximum absolute atomic E-state index is 11.2. The standard InChI is InChI=1S/C16H23N7O/c1-3-14-22-21-11-23(14)8-7-19-16(18-2)20-10-12-5-4-6-13(9-12)15(17)24/h4-6,9,11H,3,7-8,10H2,1-2H3,(H2,17,24)(H2,18,19,20). The topological polar surface area (TPSA) is 110 Å². The van der Waals surface area contributed by atoms with E-state index in [4.69, 9.17) is 5.73 Å². The van der Waals surface area contributed by atoms with Crippen molar-refractivity contribution in [2.24, 2.45) is 10.7 Å². The second kappa shape index (κ2) is 8.66. The summed E-state index contributed by atoms with van der Waals surface area (Å²) in [7, 11) is 1.71. The molecular formula is C16H23N7O. The van der Waals surface area contributed by atoms with Crippen molar-refractivity contribution in [3.8, 4) is 0 Å². The van der Waals surface area contributed by atoms with Gasteiger partial charge in [0.15, 0.2) is 5.96 Å². The Morgan fingerprint density at radius 1 is 1.38 bits per heavy atom. The minimum absolute atomic E-state index is 0.431. The van der Waals surface area contributed by atoms with E-state index < -0.39 is 5.91 Å². The second-order valence-electron chi connectivity index (χ2n) is 5.21. The van der Waals surface area contributed by atoms with E-state index in [0.29, 0.717) is 24.6 Å². The highest BCUT2D eigenvalue weighted by atomic mass is 16.1. The van der Waals surface area contributed by atoms with Gasteiger partial charge in [0, 0.05) is 38.7 Å². The summed E-state index contributed by atoms with van der Waals surface area (Å²) in [4.78, 5) is 15.4. The number of aryl methyl sites for hydroxylation is 1. The van der Waals surface area contributed by atoms with Gasteiger partial charge in [0.05, 0.1) is 0 Å². The van der Waals surface area contributed by atoms with Gasteiger partial charge in [0.1, 0.15) is 12.2 Å². The summed E-state index contributed by atoms with van der Waals surface area (Å²) in [5, 5.41) is 14.4. The third kappa shape index (κ3) is 4.80. The van der Waals surface area contributed by atoms with Crippen LogP contribution in [0.2, 0.25) is 0 Å². The molecular weight excluding hydrogens is 306 g/mol. The molecule has 128 valence electrons. The highest BCUT2D eigenvalue weighted by Gasteiger charge is 2.04. The summed E-state index contributed by atoms with van der Waals surface area (Å²) >= 11 is 0. The van der Waals surface area contributed by atoms with Crippen LogP contribution in [-0.2, 0) is 19.5 Å². The SMILES string of the molecule is CCc1nncn1CCNC(=NC)NCc1cccc(C(N)=O)c1. The normalized spacial score (nSPS) is 11.3. The number of carbonyl (C=O) groups is 1. The molecule has 8 heteroatoms. The first-order valence-electron chi connectivity index (χ1n) is 7.84. The molecule has 24 heavy (non-hydrogen) atoms. The Morgan fingerprint density at radius 2 is 2.21 bits per heavy atom. The number of nitrogens with one attached hydrogen (secondary N) is 2. The van der Waals surface area contributed by atoms with E-state index in [1.165, 1.54) is 0 Å². The minimum Gasteiger partial charge on any atom is -0.366 e. The molecule has 0 saturated carbocycles. The number of carbonyl (C=O) groups excluding carboxylic acids is 1. The van der Waals surface area contributed by atoms with Crippen LogP contribution in [0.5, 0.6) is 0 Å². The first-order valence-corrected chi connectivity index (χ1v) is 7.84. The van der Waals surface area contributed by atoms with Gasteiger partial charge in [-0.1, -0.05) is 19.1 Å². The number of benzene rings is 1. The van der Waals surface area contributed by atoms with Gasteiger partial charge in [-0.25, -0.2) is 0 Å². The molecule has 0 unspecified atom stereocenters. The third-order valence-electron chi connectivity index (χ3n) is 3.55. The van der Waals surface area contributed by atoms with Gasteiger partial charge in [0.25, 0.3) is 0 Å². The summed E-state index contributed by atoms with van der Waals surface area (Å²) in [6, 6.07) is 7.21. The van der Waals surface area contributed by atoms with Gasteiger partial charge < -0.3 is 20.9 Å². The minimum atomic E-state index is -0.431. The average molecular weight is 329 g/mol. The predicted octanol–water partition coefficient (Wildman–Crippen LogP) is 0.305. The fourth-order valence-corrected chi connectivity index (χ4v) is 2.28. The van der Waals surface area contributed by atoms with Crippen molar-refractivity contribution in [1.82, 2.24) is 25.4 Å². The van der Waals surface area contributed by atoms with Gasteiger partial charge in [-0.05, 0) is 17.7 Å². The summed E-state index contributed by atoms with van der Waals surface area (Å²) in [5.74, 6) is 1.22. The molecule has 0 radical (unpaired) electrons. The van der Waals surface area contributed by atoms with Crippen LogP contribution < -0.4 is 16.4 Å². The highest BCUT2D eigenvalue weighted by Crippen LogP contribution is 2.04. The predicted molar refractivity (Wildman–Crippen MR) is 92.6 cm³/mol. The number of aromatic nitrogens is 3. The van der Waals surface area contributed by atoms with Crippen LogP contribution in [0.1, 0.15) is 28.7 Å². The molecule has 1 heterocycles. The Kier molecular flexibility index (Phi) is 6.30. The van der Waals surface area contributed by atoms with E-state index in [0.717, 1.165) is 24.4 Å². The van der Waals surface area contributed by atoms with Crippen LogP contribution in [-0.4, -0.2) is 40.2 Å². The number of amides is 1. The Morgan fingerprint density at radius 3 is 2.92 bits per heavy atom. The van der Waals surface area contributed by atoms with Gasteiger partial charge in [-0.3, -0.25) is 9.79 Å². The Bertz CT molecular complexity index is 708. The molecule has 0 aliphatic carbocycles. The molecule has 0 aliphatic heterocycles. The summed E-state index contributed by atoms with van der Waals surface area (Å²) in [6.45, 7) is 4.06. The van der Waals surface area contributed by atoms with Crippen LogP contribution >= 0.6 is 0 Å². The average Bonchev–Trinajstić information content (AvgIpc) is 3.05. The maximum atomic E-state index is 11.2. The van der Waals surface area contributed by atoms with Crippen molar-refractivity contribution >= 4 is 11.9 Å². The first kappa shape index (κ1) is 17.5. The molecule has 1 aromatic carbocycles. The Labute approximate surface area is 141 Å². The molecule has 0 aliphatic rings. The van der Waals surface area contributed by atoms with E-state index >= 15 is 0 Å². The van der Waals surface area contributed by atoms with E-state index in [2.05, 4.69) is 32.7 Å². The zero-order chi connectivity index (χ0) is 17.4. The van der Waals surface area contributed by atoms with Crippen LogP contribution in [0.25, 0.3) is 0 Å². The fourth-order valence-electron chi connectivity index (χ4n) is 2.28. The molecule has 4 N–H and O–H groups in total. The molecule has 8 nitrogen and oxygen atoms in total. The number of nitrogens with two attached hydrogens (primary N) is 1. The quantitative estimate of drug-likeness (QED) is 0.500. The molecule has 0 saturated heterocycles. The number of guanidine groups is 1. The number of primary amides is 1. The van der Waals surface area contributed by atoms with Crippen LogP contribution in [0, 0.1) is 0 Å². The molecule has 0 spiro atoms. The lowest BCUT2D eigenvalue weighted by atomic mass is 10.1. The largest absolute Gasteiger partial charge is 0.366 e. The van der Waals surface area contributed by atoms with Crippen LogP contribution in [0.15, 0.2) is 35.6 Å². The lowest BCUT2D eigenvalue weighted by molar-refractivity contribution is 0.1000. The van der Waals surface area contributed by atoms with E-state index in [1.54, 1.807) is 25.5 Å². The monoisotopic (exact) mass is 329 g/mol. The lowest BCUT2D eigenvalue weighted by Crippen LogP contribution is -2.38. The van der Waals surface area contributed by atoms with Crippen molar-refractivity contribution in [3.05, 3.63) is 47.5 Å². The number of nitrogens with zero attached hydrogens (tertiary/aromatic N) is 4. The number of aliphatic imine (C=N–C) groups is 1. The molecule has 0 bridgehead atoms. The van der Waals surface area contributed by atoms with E-state index in [-0.39, 0.29) is 0 Å². The molecule has 1 amide bonds. The Hall–Kier alpha value is -2.90. The molecule has 1 aromatic heterocycles. The van der Waals surface area contributed by atoms with Crippen molar-refractivity contribution in [2.75, 3.05) is 13.6 Å². The Balaban J connectivity index is 1.82. The summed E-state index contributed by atoms with van der Waals surface area (Å²) < 4.78 is 2.01. The maximum Gasteiger partial charge on any atom is 0.248 e. The molecule has 2 rings (SSSR count). The first-order chi connectivity index (χ1) is 11.6. The molecule has 2 aromatic rings. The van der Waals surface area contributed by atoms with Gasteiger partial charge in [-0.15, -0.1) is 10.2 Å². The van der Waals surface area contributed by atoms with Crippen molar-refractivity contribution in [2.45, 2.75) is 26.4 Å². The highest BCUT2D eigenvalue weighted by molar-refractivity contribution is 5.92. The van der Waals surface area contributed by atoms with Gasteiger partial charge in [0.2, 0.25) is 5.91 Å². The van der Waals surface area contributed by atoms with Gasteiger partial charge >= 0.3 is 0 Å². The molecule has 0 atom stereocenters. The van der Waals surface area contributed by atoms with E-state index in [9.17, 15) is 4.79 Å². The van der Waals surface area contributed by atoms with Crippen LogP contribution in [0.3, 0.4) is 0 Å². The molecule has 0 fully saturated rings. The summed E-state index contributed by atoms with van der Waals surface area (Å²) in [6.07, 6.45) is 2.58. The zero-order valence-electron chi connectivity index (χ0n) is 14.0. The second-order valence-corrected chi connectivity index (χ2v) is 5.21. The number of rotatable bonds is 7.